The number of nitrogens with two attached hydrogens (primary N) is 1. The second kappa shape index (κ2) is 8.09. The van der Waals surface area contributed by atoms with Crippen LogP contribution in [0, 0.1) is 5.92 Å². The van der Waals surface area contributed by atoms with Crippen LogP contribution in [-0.4, -0.2) is 43.0 Å². The topological polar surface area (TPSA) is 123 Å². The third-order valence-corrected chi connectivity index (χ3v) is 4.17. The summed E-state index contributed by atoms with van der Waals surface area (Å²) in [4.78, 5) is 22.5. The lowest BCUT2D eigenvalue weighted by molar-refractivity contribution is -0.141. The first-order chi connectivity index (χ1) is 11.4. The van der Waals surface area contributed by atoms with E-state index in [1.54, 1.807) is 12.1 Å². The molecule has 1 fully saturated rings. The van der Waals surface area contributed by atoms with Crippen molar-refractivity contribution in [2.45, 2.75) is 31.5 Å². The number of benzene rings is 1. The van der Waals surface area contributed by atoms with E-state index in [9.17, 15) is 14.7 Å². The molecule has 5 N–H and O–H groups in total. The fraction of sp³-hybridized carbons (Fsp3) is 0.500. The number of rotatable bonds is 7. The Hall–Kier alpha value is -2.16. The van der Waals surface area contributed by atoms with Crippen molar-refractivity contribution in [1.29, 1.82) is 0 Å². The molecule has 4 atom stereocenters. The van der Waals surface area contributed by atoms with Gasteiger partial charge in [0.25, 0.3) is 5.91 Å². The van der Waals surface area contributed by atoms with Gasteiger partial charge in [0, 0.05) is 17.9 Å². The Morgan fingerprint density at radius 3 is 2.46 bits per heavy atom. The highest BCUT2D eigenvalue weighted by Gasteiger charge is 2.39. The van der Waals surface area contributed by atoms with Crippen LogP contribution >= 0.6 is 0 Å². The van der Waals surface area contributed by atoms with Crippen molar-refractivity contribution in [2.24, 2.45) is 11.7 Å². The molecule has 0 saturated carbocycles. The number of ether oxygens (including phenoxy) is 2. The molecule has 8 nitrogen and oxygen atoms in total. The van der Waals surface area contributed by atoms with Gasteiger partial charge in [0.1, 0.15) is 12.0 Å². The fourth-order valence-electron chi connectivity index (χ4n) is 2.96. The highest BCUT2D eigenvalue weighted by Crippen LogP contribution is 2.35. The molecule has 1 aliphatic heterocycles. The zero-order valence-corrected chi connectivity index (χ0v) is 13.7. The Morgan fingerprint density at radius 2 is 1.96 bits per heavy atom. The van der Waals surface area contributed by atoms with Crippen molar-refractivity contribution in [2.75, 3.05) is 13.7 Å². The number of esters is 1. The van der Waals surface area contributed by atoms with Gasteiger partial charge in [0.2, 0.25) is 0 Å². The molecule has 1 amide bonds. The summed E-state index contributed by atoms with van der Waals surface area (Å²) in [5, 5.41) is 10.2. The Morgan fingerprint density at radius 1 is 1.29 bits per heavy atom. The van der Waals surface area contributed by atoms with Crippen molar-refractivity contribution in [3.63, 3.8) is 0 Å². The second-order valence-corrected chi connectivity index (χ2v) is 5.81. The Balaban J connectivity index is 2.19. The molecule has 4 unspecified atom stereocenters. The van der Waals surface area contributed by atoms with Gasteiger partial charge in [-0.2, -0.15) is 0 Å². The van der Waals surface area contributed by atoms with E-state index in [0.717, 1.165) is 5.56 Å². The molecular weight excluding hydrogens is 314 g/mol. The highest BCUT2D eigenvalue weighted by atomic mass is 16.5. The van der Waals surface area contributed by atoms with Gasteiger partial charge in [-0.05, 0) is 24.6 Å². The average Bonchev–Trinajstić information content (AvgIpc) is 2.90. The summed E-state index contributed by atoms with van der Waals surface area (Å²) in [5.41, 5.74) is 11.7. The molecule has 0 bridgehead atoms. The van der Waals surface area contributed by atoms with Crippen LogP contribution in [0.3, 0.4) is 0 Å². The minimum atomic E-state index is -0.777. The van der Waals surface area contributed by atoms with Crippen molar-refractivity contribution in [3.05, 3.63) is 29.8 Å². The first-order valence-corrected chi connectivity index (χ1v) is 7.69. The lowest BCUT2D eigenvalue weighted by Crippen LogP contribution is -2.33. The van der Waals surface area contributed by atoms with Crippen LogP contribution in [0.1, 0.15) is 24.8 Å². The standard InChI is InChI=1S/C16H23N3O5/c1-9-15(16(22)19-18-9)12(7-14(21)23-2)10-3-5-11(6-4-10)24-8-13(17)20/h3-6,9,12,15-16,18-19,22H,7-8H2,1-2H3,(H2,17,20). The fourth-order valence-corrected chi connectivity index (χ4v) is 2.96. The van der Waals surface area contributed by atoms with Crippen LogP contribution in [0.4, 0.5) is 0 Å². The molecule has 1 aliphatic rings. The van der Waals surface area contributed by atoms with E-state index in [1.165, 1.54) is 7.11 Å². The summed E-state index contributed by atoms with van der Waals surface area (Å²) in [5.74, 6) is -0.842. The van der Waals surface area contributed by atoms with E-state index in [1.807, 2.05) is 19.1 Å². The minimum Gasteiger partial charge on any atom is -0.484 e. The van der Waals surface area contributed by atoms with Gasteiger partial charge < -0.3 is 20.3 Å². The molecule has 0 aliphatic carbocycles. The van der Waals surface area contributed by atoms with Gasteiger partial charge in [-0.15, -0.1) is 0 Å². The Labute approximate surface area is 140 Å². The molecule has 8 heteroatoms. The number of hydrogen-bond donors (Lipinski definition) is 4. The zero-order valence-electron chi connectivity index (χ0n) is 13.7. The molecule has 2 rings (SSSR count). The van der Waals surface area contributed by atoms with E-state index in [2.05, 4.69) is 10.9 Å². The molecule has 0 radical (unpaired) electrons. The summed E-state index contributed by atoms with van der Waals surface area (Å²) in [6, 6.07) is 6.99. The molecule has 132 valence electrons. The van der Waals surface area contributed by atoms with Gasteiger partial charge in [0.05, 0.1) is 13.5 Å². The number of methoxy groups -OCH3 is 1. The number of aliphatic hydroxyl groups excluding tert-OH is 1. The molecule has 1 heterocycles. The molecule has 1 aromatic carbocycles. The summed E-state index contributed by atoms with van der Waals surface area (Å²) >= 11 is 0. The van der Waals surface area contributed by atoms with Crippen LogP contribution in [0.2, 0.25) is 0 Å². The van der Waals surface area contributed by atoms with Crippen molar-refractivity contribution >= 4 is 11.9 Å². The average molecular weight is 337 g/mol. The SMILES string of the molecule is COC(=O)CC(c1ccc(OCC(N)=O)cc1)C1C(C)NNC1O. The number of hydrazine groups is 1. The smallest absolute Gasteiger partial charge is 0.306 e. The van der Waals surface area contributed by atoms with E-state index in [-0.39, 0.29) is 36.9 Å². The quantitative estimate of drug-likeness (QED) is 0.501. The van der Waals surface area contributed by atoms with Gasteiger partial charge in [-0.25, -0.2) is 5.43 Å². The number of carbonyl (C=O) groups is 2. The van der Waals surface area contributed by atoms with E-state index in [0.29, 0.717) is 5.75 Å². The van der Waals surface area contributed by atoms with Crippen LogP contribution in [0.15, 0.2) is 24.3 Å². The predicted molar refractivity (Wildman–Crippen MR) is 85.7 cm³/mol. The van der Waals surface area contributed by atoms with Crippen molar-refractivity contribution < 1.29 is 24.2 Å². The van der Waals surface area contributed by atoms with E-state index >= 15 is 0 Å². The summed E-state index contributed by atoms with van der Waals surface area (Å²) in [6.45, 7) is 1.74. The normalized spacial score (nSPS) is 24.4. The molecule has 24 heavy (non-hydrogen) atoms. The van der Waals surface area contributed by atoms with Crippen molar-refractivity contribution in [1.82, 2.24) is 10.9 Å². The van der Waals surface area contributed by atoms with Gasteiger partial charge >= 0.3 is 5.97 Å². The first-order valence-electron chi connectivity index (χ1n) is 7.69. The maximum atomic E-state index is 11.8. The van der Waals surface area contributed by atoms with Crippen LogP contribution in [-0.2, 0) is 14.3 Å². The number of hydrogen-bond acceptors (Lipinski definition) is 7. The molecule has 0 spiro atoms. The third-order valence-electron chi connectivity index (χ3n) is 4.17. The number of amides is 1. The first kappa shape index (κ1) is 18.2. The molecular formula is C16H23N3O5. The van der Waals surface area contributed by atoms with Gasteiger partial charge in [-0.1, -0.05) is 12.1 Å². The predicted octanol–water partition coefficient (Wildman–Crippen LogP) is -0.372. The van der Waals surface area contributed by atoms with Crippen LogP contribution < -0.4 is 21.3 Å². The molecule has 0 aromatic heterocycles. The maximum Gasteiger partial charge on any atom is 0.306 e. The minimum absolute atomic E-state index is 0.0274. The monoisotopic (exact) mass is 337 g/mol. The maximum absolute atomic E-state index is 11.8. The molecule has 1 aromatic rings. The van der Waals surface area contributed by atoms with Crippen LogP contribution in [0.25, 0.3) is 0 Å². The van der Waals surface area contributed by atoms with E-state index in [4.69, 9.17) is 15.2 Å². The lowest BCUT2D eigenvalue weighted by Gasteiger charge is -2.27. The summed E-state index contributed by atoms with van der Waals surface area (Å²) < 4.78 is 10.0. The number of aliphatic hydroxyl groups is 1. The molecule has 1 saturated heterocycles. The lowest BCUT2D eigenvalue weighted by atomic mass is 9.79. The van der Waals surface area contributed by atoms with Crippen LogP contribution in [0.5, 0.6) is 5.75 Å². The number of primary amides is 1. The Bertz CT molecular complexity index is 568. The van der Waals surface area contributed by atoms with Gasteiger partial charge in [0.15, 0.2) is 6.61 Å². The third kappa shape index (κ3) is 4.44. The second-order valence-electron chi connectivity index (χ2n) is 5.81. The number of nitrogens with one attached hydrogen (secondary N) is 2. The number of carbonyl (C=O) groups excluding carboxylic acids is 2. The Kier molecular flexibility index (Phi) is 6.13. The summed E-state index contributed by atoms with van der Waals surface area (Å²) in [7, 11) is 1.34. The van der Waals surface area contributed by atoms with E-state index < -0.39 is 12.1 Å². The zero-order chi connectivity index (χ0) is 17.7. The highest BCUT2D eigenvalue weighted by molar-refractivity contribution is 5.75. The van der Waals surface area contributed by atoms with Crippen molar-refractivity contribution in [3.8, 4) is 5.75 Å². The largest absolute Gasteiger partial charge is 0.484 e. The summed E-state index contributed by atoms with van der Waals surface area (Å²) in [6.07, 6.45) is -0.631. The van der Waals surface area contributed by atoms with Gasteiger partial charge in [-0.3, -0.25) is 15.0 Å².